The first-order chi connectivity index (χ1) is 14.0. The number of halogens is 1. The van der Waals surface area contributed by atoms with Crippen LogP contribution in [0.1, 0.15) is 27.1 Å². The molecule has 8 heteroatoms. The van der Waals surface area contributed by atoms with Crippen LogP contribution >= 0.6 is 0 Å². The van der Waals surface area contributed by atoms with E-state index in [1.165, 1.54) is 42.5 Å². The first-order valence-electron chi connectivity index (χ1n) is 8.81. The average Bonchev–Trinajstić information content (AvgIpc) is 2.70. The van der Waals surface area contributed by atoms with Gasteiger partial charge in [-0.1, -0.05) is 12.1 Å². The van der Waals surface area contributed by atoms with E-state index in [2.05, 4.69) is 5.32 Å². The van der Waals surface area contributed by atoms with Gasteiger partial charge in [-0.05, 0) is 36.8 Å². The highest BCUT2D eigenvalue weighted by atomic mass is 19.1. The van der Waals surface area contributed by atoms with Crippen LogP contribution < -0.4 is 15.7 Å². The zero-order chi connectivity index (χ0) is 20.8. The monoisotopic (exact) mass is 399 g/mol. The molecule has 0 aliphatic rings. The predicted molar refractivity (Wildman–Crippen MR) is 103 cm³/mol. The maximum Gasteiger partial charge on any atom is 0.349 e. The third-order valence-corrected chi connectivity index (χ3v) is 4.07. The highest BCUT2D eigenvalue weighted by Crippen LogP contribution is 2.22. The first-order valence-corrected chi connectivity index (χ1v) is 8.81. The lowest BCUT2D eigenvalue weighted by Crippen LogP contribution is -2.29. The summed E-state index contributed by atoms with van der Waals surface area (Å²) in [4.78, 5) is 36.4. The van der Waals surface area contributed by atoms with Gasteiger partial charge in [-0.25, -0.2) is 14.0 Å². The number of rotatable bonds is 7. The van der Waals surface area contributed by atoms with Gasteiger partial charge in [0.05, 0.1) is 5.56 Å². The van der Waals surface area contributed by atoms with E-state index in [1.807, 2.05) is 0 Å². The minimum atomic E-state index is -0.878. The Kier molecular flexibility index (Phi) is 6.36. The van der Waals surface area contributed by atoms with Crippen LogP contribution in [0.2, 0.25) is 0 Å². The summed E-state index contributed by atoms with van der Waals surface area (Å²) in [7, 11) is 1.56. The minimum absolute atomic E-state index is 0.0747. The van der Waals surface area contributed by atoms with Crippen molar-refractivity contribution in [1.29, 1.82) is 0 Å². The molecule has 0 radical (unpaired) electrons. The molecule has 3 rings (SSSR count). The van der Waals surface area contributed by atoms with Crippen LogP contribution in [0.3, 0.4) is 0 Å². The number of carbonyl (C=O) groups is 2. The summed E-state index contributed by atoms with van der Waals surface area (Å²) in [6, 6.07) is 11.1. The topological polar surface area (TPSA) is 94.8 Å². The molecular weight excluding hydrogens is 381 g/mol. The number of ether oxygens (including phenoxy) is 2. The molecule has 0 saturated carbocycles. The van der Waals surface area contributed by atoms with Crippen LogP contribution in [0.5, 0.6) is 5.75 Å². The number of nitrogens with one attached hydrogen (secondary N) is 1. The molecule has 0 spiro atoms. The van der Waals surface area contributed by atoms with Crippen molar-refractivity contribution in [3.05, 3.63) is 75.9 Å². The summed E-state index contributed by atoms with van der Waals surface area (Å²) in [6.45, 7) is 0.843. The van der Waals surface area contributed by atoms with E-state index >= 15 is 0 Å². The lowest BCUT2D eigenvalue weighted by Gasteiger charge is -2.07. The molecule has 1 amide bonds. The van der Waals surface area contributed by atoms with Crippen LogP contribution in [-0.4, -0.2) is 32.1 Å². The number of amides is 1. The summed E-state index contributed by atoms with van der Waals surface area (Å²) >= 11 is 0. The Morgan fingerprint density at radius 3 is 2.66 bits per heavy atom. The number of hydrogen-bond acceptors (Lipinski definition) is 6. The van der Waals surface area contributed by atoms with Gasteiger partial charge in [0.1, 0.15) is 22.7 Å². The Hall–Kier alpha value is -3.52. The first kappa shape index (κ1) is 20.2. The third-order valence-electron chi connectivity index (χ3n) is 4.07. The summed E-state index contributed by atoms with van der Waals surface area (Å²) in [6.07, 6.45) is 0.609. The van der Waals surface area contributed by atoms with Gasteiger partial charge < -0.3 is 19.2 Å². The quantitative estimate of drug-likeness (QED) is 0.284. The van der Waals surface area contributed by atoms with Crippen molar-refractivity contribution in [2.45, 2.75) is 6.42 Å². The van der Waals surface area contributed by atoms with Crippen molar-refractivity contribution in [2.24, 2.45) is 0 Å². The second kappa shape index (κ2) is 9.11. The Bertz CT molecular complexity index is 1110. The van der Waals surface area contributed by atoms with Crippen LogP contribution in [0, 0.1) is 5.82 Å². The summed E-state index contributed by atoms with van der Waals surface area (Å²) < 4.78 is 28.9. The van der Waals surface area contributed by atoms with Gasteiger partial charge in [-0.15, -0.1) is 0 Å². The lowest BCUT2D eigenvalue weighted by molar-refractivity contribution is 0.0729. The second-order valence-electron chi connectivity index (χ2n) is 6.12. The van der Waals surface area contributed by atoms with Crippen molar-refractivity contribution in [3.8, 4) is 5.75 Å². The van der Waals surface area contributed by atoms with Crippen LogP contribution in [0.4, 0.5) is 4.39 Å². The zero-order valence-corrected chi connectivity index (χ0v) is 15.6. The van der Waals surface area contributed by atoms with E-state index < -0.39 is 23.3 Å². The fraction of sp³-hybridized carbons (Fsp3) is 0.190. The van der Waals surface area contributed by atoms with Crippen molar-refractivity contribution in [2.75, 3.05) is 20.3 Å². The van der Waals surface area contributed by atoms with Gasteiger partial charge in [-0.2, -0.15) is 0 Å². The highest BCUT2D eigenvalue weighted by molar-refractivity contribution is 5.97. The molecule has 1 aromatic heterocycles. The molecule has 29 heavy (non-hydrogen) atoms. The maximum atomic E-state index is 13.7. The zero-order valence-electron chi connectivity index (χ0n) is 15.6. The smallest absolute Gasteiger partial charge is 0.349 e. The van der Waals surface area contributed by atoms with E-state index in [9.17, 15) is 18.8 Å². The number of benzene rings is 2. The van der Waals surface area contributed by atoms with E-state index in [4.69, 9.17) is 13.9 Å². The van der Waals surface area contributed by atoms with Gasteiger partial charge in [0, 0.05) is 31.7 Å². The standard InChI is InChI=1S/C21H18FNO6/c1-27-10-4-9-23-19(24)16-11-13-7-8-14(12-18(13)29-21(16)26)28-20(25)15-5-2-3-6-17(15)22/h2-3,5-8,11-12H,4,9-10H2,1H3,(H,23,24). The summed E-state index contributed by atoms with van der Waals surface area (Å²) in [5, 5.41) is 3.09. The third kappa shape index (κ3) is 4.85. The molecule has 1 heterocycles. The molecule has 0 aliphatic heterocycles. The average molecular weight is 399 g/mol. The van der Waals surface area contributed by atoms with Crippen molar-refractivity contribution >= 4 is 22.8 Å². The van der Waals surface area contributed by atoms with E-state index in [0.29, 0.717) is 25.0 Å². The Morgan fingerprint density at radius 2 is 1.90 bits per heavy atom. The van der Waals surface area contributed by atoms with Gasteiger partial charge >= 0.3 is 11.6 Å². The molecule has 0 atom stereocenters. The van der Waals surface area contributed by atoms with Gasteiger partial charge in [-0.3, -0.25) is 4.79 Å². The second-order valence-corrected chi connectivity index (χ2v) is 6.12. The molecular formula is C21H18FNO6. The molecule has 0 saturated heterocycles. The van der Waals surface area contributed by atoms with E-state index in [0.717, 1.165) is 6.07 Å². The molecule has 150 valence electrons. The molecule has 0 fully saturated rings. The van der Waals surface area contributed by atoms with Crippen molar-refractivity contribution in [3.63, 3.8) is 0 Å². The van der Waals surface area contributed by atoms with Gasteiger partial charge in [0.15, 0.2) is 0 Å². The Morgan fingerprint density at radius 1 is 1.10 bits per heavy atom. The van der Waals surface area contributed by atoms with Gasteiger partial charge in [0.25, 0.3) is 5.91 Å². The summed E-state index contributed by atoms with van der Waals surface area (Å²) in [5.74, 6) is -2.06. The van der Waals surface area contributed by atoms with Crippen LogP contribution in [-0.2, 0) is 4.74 Å². The highest BCUT2D eigenvalue weighted by Gasteiger charge is 2.16. The van der Waals surface area contributed by atoms with E-state index in [-0.39, 0.29) is 22.5 Å². The maximum absolute atomic E-state index is 13.7. The number of methoxy groups -OCH3 is 1. The number of carbonyl (C=O) groups excluding carboxylic acids is 2. The fourth-order valence-corrected chi connectivity index (χ4v) is 2.62. The molecule has 0 unspecified atom stereocenters. The molecule has 0 bridgehead atoms. The molecule has 0 aliphatic carbocycles. The number of fused-ring (bicyclic) bond motifs is 1. The molecule has 7 nitrogen and oxygen atoms in total. The normalized spacial score (nSPS) is 10.7. The summed E-state index contributed by atoms with van der Waals surface area (Å²) in [5.41, 5.74) is -1.04. The van der Waals surface area contributed by atoms with Crippen LogP contribution in [0.25, 0.3) is 11.0 Å². The molecule has 2 aromatic carbocycles. The van der Waals surface area contributed by atoms with Crippen molar-refractivity contribution in [1.82, 2.24) is 5.32 Å². The molecule has 1 N–H and O–H groups in total. The molecule has 3 aromatic rings. The number of esters is 1. The SMILES string of the molecule is COCCCNC(=O)c1cc2ccc(OC(=O)c3ccccc3F)cc2oc1=O. The minimum Gasteiger partial charge on any atom is -0.423 e. The van der Waals surface area contributed by atoms with Crippen LogP contribution in [0.15, 0.2) is 57.7 Å². The largest absolute Gasteiger partial charge is 0.423 e. The predicted octanol–water partition coefficient (Wildman–Crippen LogP) is 2.92. The van der Waals surface area contributed by atoms with E-state index in [1.54, 1.807) is 7.11 Å². The number of hydrogen-bond donors (Lipinski definition) is 1. The fourth-order valence-electron chi connectivity index (χ4n) is 2.62. The van der Waals surface area contributed by atoms with Gasteiger partial charge in [0.2, 0.25) is 0 Å². The Labute approximate surface area is 165 Å². The van der Waals surface area contributed by atoms with Crippen molar-refractivity contribution < 1.29 is 27.9 Å². The lowest BCUT2D eigenvalue weighted by atomic mass is 10.1. The Balaban J connectivity index is 1.79.